The third kappa shape index (κ3) is 1.15. The summed E-state index contributed by atoms with van der Waals surface area (Å²) in [7, 11) is 0. The zero-order valence-corrected chi connectivity index (χ0v) is 6.90. The van der Waals surface area contributed by atoms with Gasteiger partial charge in [0.2, 0.25) is 5.91 Å². The quantitative estimate of drug-likeness (QED) is 0.583. The molecule has 0 saturated carbocycles. The van der Waals surface area contributed by atoms with Crippen molar-refractivity contribution >= 4 is 5.91 Å². The standard InChI is InChI=1S/C8H15NO/c1-6(2)8(3)4-7(10)9-5-8/h6H,4-5H2,1-3H3,(H,9,10)/t8-/m0/s1. The minimum atomic E-state index is 0.205. The van der Waals surface area contributed by atoms with E-state index >= 15 is 0 Å². The van der Waals surface area contributed by atoms with E-state index in [-0.39, 0.29) is 11.3 Å². The second-order valence-electron chi connectivity index (χ2n) is 3.76. The largest absolute Gasteiger partial charge is 0.356 e. The van der Waals surface area contributed by atoms with Crippen molar-refractivity contribution in [2.45, 2.75) is 27.2 Å². The molecule has 1 aliphatic heterocycles. The van der Waals surface area contributed by atoms with E-state index in [9.17, 15) is 4.79 Å². The lowest BCUT2D eigenvalue weighted by Gasteiger charge is -2.25. The second-order valence-corrected chi connectivity index (χ2v) is 3.76. The van der Waals surface area contributed by atoms with Crippen LogP contribution in [0.3, 0.4) is 0 Å². The summed E-state index contributed by atoms with van der Waals surface area (Å²) in [5.41, 5.74) is 0.205. The molecule has 1 aliphatic rings. The molecule has 1 saturated heterocycles. The van der Waals surface area contributed by atoms with Crippen LogP contribution in [-0.2, 0) is 4.79 Å². The molecule has 2 heteroatoms. The maximum absolute atomic E-state index is 10.9. The normalized spacial score (nSPS) is 33.0. The Balaban J connectivity index is 2.63. The van der Waals surface area contributed by atoms with Crippen molar-refractivity contribution in [2.24, 2.45) is 11.3 Å². The maximum atomic E-state index is 10.9. The van der Waals surface area contributed by atoms with Crippen molar-refractivity contribution in [2.75, 3.05) is 6.54 Å². The lowest BCUT2D eigenvalue weighted by molar-refractivity contribution is -0.119. The van der Waals surface area contributed by atoms with E-state index in [1.165, 1.54) is 0 Å². The number of rotatable bonds is 1. The highest BCUT2D eigenvalue weighted by molar-refractivity contribution is 5.79. The van der Waals surface area contributed by atoms with Crippen molar-refractivity contribution in [3.8, 4) is 0 Å². The van der Waals surface area contributed by atoms with Crippen molar-refractivity contribution in [3.05, 3.63) is 0 Å². The Hall–Kier alpha value is -0.530. The number of nitrogens with one attached hydrogen (secondary N) is 1. The third-order valence-electron chi connectivity index (χ3n) is 2.65. The monoisotopic (exact) mass is 141 g/mol. The molecule has 1 N–H and O–H groups in total. The smallest absolute Gasteiger partial charge is 0.220 e. The fraction of sp³-hybridized carbons (Fsp3) is 0.875. The summed E-state index contributed by atoms with van der Waals surface area (Å²) in [5, 5.41) is 2.85. The molecule has 1 rings (SSSR count). The average molecular weight is 141 g/mol. The van der Waals surface area contributed by atoms with Gasteiger partial charge in [-0.3, -0.25) is 4.79 Å². The molecule has 0 aromatic heterocycles. The molecule has 0 spiro atoms. The molecule has 1 atom stereocenters. The van der Waals surface area contributed by atoms with Crippen LogP contribution in [-0.4, -0.2) is 12.5 Å². The number of carbonyl (C=O) groups excluding carboxylic acids is 1. The lowest BCUT2D eigenvalue weighted by atomic mass is 9.78. The summed E-state index contributed by atoms with van der Waals surface area (Å²) < 4.78 is 0. The summed E-state index contributed by atoms with van der Waals surface area (Å²) >= 11 is 0. The van der Waals surface area contributed by atoms with Crippen LogP contribution in [0.2, 0.25) is 0 Å². The summed E-state index contributed by atoms with van der Waals surface area (Å²) in [5.74, 6) is 0.794. The van der Waals surface area contributed by atoms with Gasteiger partial charge in [0.05, 0.1) is 0 Å². The molecule has 0 aromatic rings. The number of carbonyl (C=O) groups is 1. The molecular weight excluding hydrogens is 126 g/mol. The molecule has 10 heavy (non-hydrogen) atoms. The first kappa shape index (κ1) is 7.58. The summed E-state index contributed by atoms with van der Waals surface area (Å²) in [6, 6.07) is 0. The van der Waals surface area contributed by atoms with Crippen LogP contribution in [0.5, 0.6) is 0 Å². The Bertz CT molecular complexity index is 153. The molecule has 2 nitrogen and oxygen atoms in total. The highest BCUT2D eigenvalue weighted by Gasteiger charge is 2.36. The van der Waals surface area contributed by atoms with Crippen LogP contribution in [0, 0.1) is 11.3 Å². The van der Waals surface area contributed by atoms with Gasteiger partial charge in [-0.1, -0.05) is 20.8 Å². The first-order chi connectivity index (χ1) is 4.54. The lowest BCUT2D eigenvalue weighted by Crippen LogP contribution is -2.25. The molecular formula is C8H15NO. The molecule has 1 fully saturated rings. The molecule has 1 amide bonds. The minimum Gasteiger partial charge on any atom is -0.356 e. The summed E-state index contributed by atoms with van der Waals surface area (Å²) in [6.07, 6.45) is 0.699. The Kier molecular flexibility index (Phi) is 1.71. The van der Waals surface area contributed by atoms with Gasteiger partial charge < -0.3 is 5.32 Å². The van der Waals surface area contributed by atoms with Crippen molar-refractivity contribution in [1.29, 1.82) is 0 Å². The van der Waals surface area contributed by atoms with E-state index in [1.807, 2.05) is 0 Å². The Morgan fingerprint density at radius 2 is 2.20 bits per heavy atom. The molecule has 58 valence electrons. The van der Waals surface area contributed by atoms with Crippen LogP contribution < -0.4 is 5.32 Å². The molecule has 0 unspecified atom stereocenters. The van der Waals surface area contributed by atoms with Crippen molar-refractivity contribution < 1.29 is 4.79 Å². The third-order valence-corrected chi connectivity index (χ3v) is 2.65. The van der Waals surface area contributed by atoms with Crippen LogP contribution in [0.4, 0.5) is 0 Å². The highest BCUT2D eigenvalue weighted by Crippen LogP contribution is 2.33. The van der Waals surface area contributed by atoms with Gasteiger partial charge in [-0.05, 0) is 11.3 Å². The van der Waals surface area contributed by atoms with E-state index < -0.39 is 0 Å². The molecule has 0 aliphatic carbocycles. The molecule has 0 aromatic carbocycles. The summed E-state index contributed by atoms with van der Waals surface area (Å²) in [4.78, 5) is 10.9. The predicted octanol–water partition coefficient (Wildman–Crippen LogP) is 1.17. The van der Waals surface area contributed by atoms with E-state index in [2.05, 4.69) is 26.1 Å². The molecule has 0 radical (unpaired) electrons. The van der Waals surface area contributed by atoms with Gasteiger partial charge in [0.25, 0.3) is 0 Å². The number of amides is 1. The summed E-state index contributed by atoms with van der Waals surface area (Å²) in [6.45, 7) is 7.35. The Morgan fingerprint density at radius 1 is 1.60 bits per heavy atom. The highest BCUT2D eigenvalue weighted by atomic mass is 16.1. The molecule has 1 heterocycles. The van der Waals surface area contributed by atoms with Crippen LogP contribution in [0.15, 0.2) is 0 Å². The van der Waals surface area contributed by atoms with Gasteiger partial charge in [0, 0.05) is 13.0 Å². The van der Waals surface area contributed by atoms with E-state index in [0.29, 0.717) is 12.3 Å². The number of hydrogen-bond donors (Lipinski definition) is 1. The van der Waals surface area contributed by atoms with Gasteiger partial charge in [-0.15, -0.1) is 0 Å². The maximum Gasteiger partial charge on any atom is 0.220 e. The van der Waals surface area contributed by atoms with Gasteiger partial charge in [-0.25, -0.2) is 0 Å². The van der Waals surface area contributed by atoms with Crippen LogP contribution >= 0.6 is 0 Å². The predicted molar refractivity (Wildman–Crippen MR) is 40.6 cm³/mol. The van der Waals surface area contributed by atoms with E-state index in [4.69, 9.17) is 0 Å². The van der Waals surface area contributed by atoms with Crippen molar-refractivity contribution in [3.63, 3.8) is 0 Å². The Morgan fingerprint density at radius 3 is 2.40 bits per heavy atom. The zero-order valence-electron chi connectivity index (χ0n) is 6.90. The van der Waals surface area contributed by atoms with E-state index in [0.717, 1.165) is 6.54 Å². The topological polar surface area (TPSA) is 29.1 Å². The van der Waals surface area contributed by atoms with Gasteiger partial charge in [-0.2, -0.15) is 0 Å². The Labute approximate surface area is 62.0 Å². The van der Waals surface area contributed by atoms with Gasteiger partial charge >= 0.3 is 0 Å². The van der Waals surface area contributed by atoms with Crippen molar-refractivity contribution in [1.82, 2.24) is 5.32 Å². The first-order valence-corrected chi connectivity index (χ1v) is 3.81. The van der Waals surface area contributed by atoms with Crippen LogP contribution in [0.25, 0.3) is 0 Å². The number of hydrogen-bond acceptors (Lipinski definition) is 1. The molecule has 0 bridgehead atoms. The van der Waals surface area contributed by atoms with Gasteiger partial charge in [0.15, 0.2) is 0 Å². The zero-order chi connectivity index (χ0) is 7.78. The van der Waals surface area contributed by atoms with Gasteiger partial charge in [0.1, 0.15) is 0 Å². The minimum absolute atomic E-state index is 0.205. The SMILES string of the molecule is CC(C)[C@]1(C)CNC(=O)C1. The van der Waals surface area contributed by atoms with Crippen LogP contribution in [0.1, 0.15) is 27.2 Å². The van der Waals surface area contributed by atoms with E-state index in [1.54, 1.807) is 0 Å². The second kappa shape index (κ2) is 2.26. The average Bonchev–Trinajstić information content (AvgIpc) is 2.13. The first-order valence-electron chi connectivity index (χ1n) is 3.81. The fourth-order valence-electron chi connectivity index (χ4n) is 1.20. The fourth-order valence-corrected chi connectivity index (χ4v) is 1.20.